The average molecular weight is 275 g/mol. The largest absolute Gasteiger partial charge is 0.397 e. The third-order valence-electron chi connectivity index (χ3n) is 3.14. The maximum absolute atomic E-state index is 11.8. The van der Waals surface area contributed by atoms with Crippen LogP contribution in [-0.4, -0.2) is 33.0 Å². The van der Waals surface area contributed by atoms with Crippen molar-refractivity contribution >= 4 is 23.0 Å². The summed E-state index contributed by atoms with van der Waals surface area (Å²) in [5.74, 6) is 0.269. The average Bonchev–Trinajstić information content (AvgIpc) is 2.76. The molecule has 20 heavy (non-hydrogen) atoms. The summed E-state index contributed by atoms with van der Waals surface area (Å²) in [5.41, 5.74) is 14.2. The van der Waals surface area contributed by atoms with E-state index in [1.807, 2.05) is 0 Å². The van der Waals surface area contributed by atoms with Crippen LogP contribution >= 0.6 is 0 Å². The summed E-state index contributed by atoms with van der Waals surface area (Å²) in [6.07, 6.45) is 3.13. The standard InChI is InChI=1S/C13H17N5O2/c1-7-5-9(11(14)8(2)12(7)20)17-10-6-16-18(3-4-19)13(10)15/h5-6,19H,3-4,14-15H2,1-2H3/b17-9-. The molecule has 0 fully saturated rings. The molecule has 0 amide bonds. The van der Waals surface area contributed by atoms with Crippen LogP contribution in [0.1, 0.15) is 13.8 Å². The summed E-state index contributed by atoms with van der Waals surface area (Å²) in [5, 5.41) is 12.9. The maximum atomic E-state index is 11.8. The molecule has 0 saturated carbocycles. The van der Waals surface area contributed by atoms with Crippen molar-refractivity contribution < 1.29 is 9.90 Å². The van der Waals surface area contributed by atoms with Gasteiger partial charge in [0.05, 0.1) is 30.8 Å². The van der Waals surface area contributed by atoms with Gasteiger partial charge < -0.3 is 16.6 Å². The van der Waals surface area contributed by atoms with Crippen molar-refractivity contribution in [2.75, 3.05) is 12.3 Å². The van der Waals surface area contributed by atoms with E-state index < -0.39 is 0 Å². The number of aromatic nitrogens is 2. The molecule has 7 heteroatoms. The molecule has 0 bridgehead atoms. The van der Waals surface area contributed by atoms with Crippen molar-refractivity contribution in [2.24, 2.45) is 10.7 Å². The topological polar surface area (TPSA) is 120 Å². The first-order valence-corrected chi connectivity index (χ1v) is 6.16. The molecule has 1 aromatic rings. The number of carbonyl (C=O) groups is 1. The van der Waals surface area contributed by atoms with Crippen molar-refractivity contribution in [2.45, 2.75) is 20.4 Å². The fourth-order valence-electron chi connectivity index (χ4n) is 1.92. The van der Waals surface area contributed by atoms with E-state index in [4.69, 9.17) is 16.6 Å². The molecular formula is C13H17N5O2. The third kappa shape index (κ3) is 2.35. The van der Waals surface area contributed by atoms with Crippen LogP contribution in [-0.2, 0) is 11.3 Å². The van der Waals surface area contributed by atoms with Gasteiger partial charge in [-0.25, -0.2) is 9.67 Å². The number of carbonyl (C=O) groups excluding carboxylic acids is 1. The quantitative estimate of drug-likeness (QED) is 0.685. The van der Waals surface area contributed by atoms with E-state index in [1.54, 1.807) is 19.9 Å². The zero-order chi connectivity index (χ0) is 14.9. The van der Waals surface area contributed by atoms with Crippen LogP contribution in [0.4, 0.5) is 11.5 Å². The van der Waals surface area contributed by atoms with E-state index in [0.717, 1.165) is 0 Å². The number of hydrogen-bond donors (Lipinski definition) is 3. The van der Waals surface area contributed by atoms with Crippen LogP contribution in [0.3, 0.4) is 0 Å². The van der Waals surface area contributed by atoms with Gasteiger partial charge in [-0.2, -0.15) is 5.10 Å². The number of hydrogen-bond acceptors (Lipinski definition) is 6. The Bertz CT molecular complexity index is 652. The predicted molar refractivity (Wildman–Crippen MR) is 76.5 cm³/mol. The second-order valence-electron chi connectivity index (χ2n) is 4.55. The zero-order valence-electron chi connectivity index (χ0n) is 11.4. The van der Waals surface area contributed by atoms with Crippen LogP contribution < -0.4 is 11.5 Å². The van der Waals surface area contributed by atoms with Crippen molar-refractivity contribution in [3.8, 4) is 0 Å². The highest BCUT2D eigenvalue weighted by Gasteiger charge is 2.20. The number of allylic oxidation sites excluding steroid dienone is 3. The van der Waals surface area contributed by atoms with Gasteiger partial charge in [0.2, 0.25) is 0 Å². The molecular weight excluding hydrogens is 258 g/mol. The van der Waals surface area contributed by atoms with E-state index in [9.17, 15) is 4.79 Å². The second-order valence-corrected chi connectivity index (χ2v) is 4.55. The van der Waals surface area contributed by atoms with Gasteiger partial charge in [-0.3, -0.25) is 4.79 Å². The summed E-state index contributed by atoms with van der Waals surface area (Å²) >= 11 is 0. The molecule has 0 saturated heterocycles. The van der Waals surface area contributed by atoms with E-state index in [-0.39, 0.29) is 12.4 Å². The Morgan fingerprint density at radius 2 is 2.10 bits per heavy atom. The minimum atomic E-state index is -0.0783. The van der Waals surface area contributed by atoms with Gasteiger partial charge in [-0.1, -0.05) is 0 Å². The normalized spacial score (nSPS) is 17.9. The lowest BCUT2D eigenvalue weighted by Crippen LogP contribution is -2.21. The van der Waals surface area contributed by atoms with Crippen molar-refractivity contribution in [3.05, 3.63) is 29.1 Å². The SMILES string of the molecule is CC1=C/C(=N/c2cnn(CCO)c2N)C(N)=C(C)C1=O. The Kier molecular flexibility index (Phi) is 3.71. The summed E-state index contributed by atoms with van der Waals surface area (Å²) < 4.78 is 1.46. The zero-order valence-corrected chi connectivity index (χ0v) is 11.4. The number of aliphatic hydroxyl groups excluding tert-OH is 1. The maximum Gasteiger partial charge on any atom is 0.186 e. The van der Waals surface area contributed by atoms with Gasteiger partial charge in [0, 0.05) is 5.57 Å². The van der Waals surface area contributed by atoms with Crippen LogP contribution in [0.2, 0.25) is 0 Å². The van der Waals surface area contributed by atoms with Crippen molar-refractivity contribution in [3.63, 3.8) is 0 Å². The first-order valence-electron chi connectivity index (χ1n) is 6.16. The lowest BCUT2D eigenvalue weighted by Gasteiger charge is -2.13. The number of aliphatic imine (C=N–C) groups is 1. The van der Waals surface area contributed by atoms with Crippen LogP contribution in [0, 0.1) is 0 Å². The van der Waals surface area contributed by atoms with E-state index in [1.165, 1.54) is 10.9 Å². The summed E-state index contributed by atoms with van der Waals surface area (Å²) in [4.78, 5) is 16.1. The van der Waals surface area contributed by atoms with Crippen LogP contribution in [0.5, 0.6) is 0 Å². The van der Waals surface area contributed by atoms with E-state index in [0.29, 0.717) is 40.6 Å². The van der Waals surface area contributed by atoms with Gasteiger partial charge in [-0.15, -0.1) is 0 Å². The summed E-state index contributed by atoms with van der Waals surface area (Å²) in [6, 6.07) is 0. The fraction of sp³-hybridized carbons (Fsp3) is 0.308. The van der Waals surface area contributed by atoms with Crippen molar-refractivity contribution in [1.29, 1.82) is 0 Å². The van der Waals surface area contributed by atoms with Gasteiger partial charge in [-0.05, 0) is 25.5 Å². The van der Waals surface area contributed by atoms with Gasteiger partial charge in [0.15, 0.2) is 5.78 Å². The Labute approximate surface area is 116 Å². The predicted octanol–water partition coefficient (Wildman–Crippen LogP) is 0.292. The molecule has 0 unspecified atom stereocenters. The van der Waals surface area contributed by atoms with E-state index >= 15 is 0 Å². The first-order chi connectivity index (χ1) is 9.45. The minimum absolute atomic E-state index is 0.0590. The molecule has 1 aromatic heterocycles. The molecule has 106 valence electrons. The monoisotopic (exact) mass is 275 g/mol. The molecule has 1 aliphatic rings. The molecule has 0 radical (unpaired) electrons. The number of ketones is 1. The number of aliphatic hydroxyl groups is 1. The second kappa shape index (κ2) is 5.30. The number of anilines is 1. The molecule has 0 spiro atoms. The van der Waals surface area contributed by atoms with Gasteiger partial charge >= 0.3 is 0 Å². The first kappa shape index (κ1) is 14.0. The number of nitrogens with zero attached hydrogens (tertiary/aromatic N) is 3. The number of rotatable bonds is 3. The molecule has 0 atom stereocenters. The molecule has 2 rings (SSSR count). The molecule has 1 heterocycles. The minimum Gasteiger partial charge on any atom is -0.397 e. The number of nitrogens with two attached hydrogens (primary N) is 2. The van der Waals surface area contributed by atoms with Crippen LogP contribution in [0.15, 0.2) is 34.1 Å². The highest BCUT2D eigenvalue weighted by molar-refractivity contribution is 6.24. The summed E-state index contributed by atoms with van der Waals surface area (Å²) in [6.45, 7) is 3.62. The van der Waals surface area contributed by atoms with Gasteiger partial charge in [0.25, 0.3) is 0 Å². The number of Topliss-reactive ketones (excluding diaryl/α,β-unsaturated/α-hetero) is 1. The lowest BCUT2D eigenvalue weighted by atomic mass is 9.95. The molecule has 7 nitrogen and oxygen atoms in total. The Morgan fingerprint density at radius 1 is 1.40 bits per heavy atom. The molecule has 0 aliphatic heterocycles. The number of nitrogen functional groups attached to an aromatic ring is 1. The Balaban J connectivity index is 2.43. The highest BCUT2D eigenvalue weighted by Crippen LogP contribution is 2.24. The molecule has 0 aromatic carbocycles. The summed E-state index contributed by atoms with van der Waals surface area (Å²) in [7, 11) is 0. The molecule has 1 aliphatic carbocycles. The highest BCUT2D eigenvalue weighted by atomic mass is 16.3. The molecule has 5 N–H and O–H groups in total. The fourth-order valence-corrected chi connectivity index (χ4v) is 1.92. The lowest BCUT2D eigenvalue weighted by molar-refractivity contribution is -0.112. The Hall–Kier alpha value is -2.41. The van der Waals surface area contributed by atoms with Crippen molar-refractivity contribution in [1.82, 2.24) is 9.78 Å². The van der Waals surface area contributed by atoms with Crippen LogP contribution in [0.25, 0.3) is 0 Å². The third-order valence-corrected chi connectivity index (χ3v) is 3.14. The smallest absolute Gasteiger partial charge is 0.186 e. The Morgan fingerprint density at radius 3 is 2.75 bits per heavy atom. The van der Waals surface area contributed by atoms with Gasteiger partial charge in [0.1, 0.15) is 11.5 Å². The van der Waals surface area contributed by atoms with E-state index in [2.05, 4.69) is 10.1 Å².